The molecule has 5 aromatic rings. The molecule has 6 rings (SSSR count). The van der Waals surface area contributed by atoms with Crippen molar-refractivity contribution in [3.63, 3.8) is 0 Å². The molecule has 242 valence electrons. The fourth-order valence-electron chi connectivity index (χ4n) is 5.42. The molecule has 4 aromatic carbocycles. The number of hydrogen-bond donors (Lipinski definition) is 1. The van der Waals surface area contributed by atoms with Crippen LogP contribution in [0.3, 0.4) is 0 Å². The van der Waals surface area contributed by atoms with Gasteiger partial charge in [0.25, 0.3) is 17.2 Å². The van der Waals surface area contributed by atoms with Gasteiger partial charge in [0.15, 0.2) is 16.3 Å². The molecule has 1 atom stereocenters. The van der Waals surface area contributed by atoms with Crippen molar-refractivity contribution in [1.29, 1.82) is 0 Å². The zero-order valence-electron chi connectivity index (χ0n) is 26.2. The van der Waals surface area contributed by atoms with Crippen molar-refractivity contribution in [1.82, 2.24) is 4.57 Å². The largest absolute Gasteiger partial charge is 0.497 e. The Morgan fingerprint density at radius 2 is 1.67 bits per heavy atom. The van der Waals surface area contributed by atoms with E-state index >= 15 is 0 Å². The SMILES string of the molecule is COc1ccc([C@H]2C(C(=O)Nc3ccccc3)=C(C)N=c3s/c(=C/c4cc(OC)c(OCc5ccccc5)cc4[N+](=O)[O-])c(=O)n32)cc1. The average molecular weight is 663 g/mol. The Bertz CT molecular complexity index is 2210. The number of aromatic nitrogens is 1. The Hall–Kier alpha value is -6.01. The molecule has 0 saturated heterocycles. The molecule has 0 unspecified atom stereocenters. The van der Waals surface area contributed by atoms with E-state index in [1.54, 1.807) is 50.4 Å². The molecule has 48 heavy (non-hydrogen) atoms. The van der Waals surface area contributed by atoms with Crippen LogP contribution in [0.5, 0.6) is 17.2 Å². The Morgan fingerprint density at radius 1 is 0.979 bits per heavy atom. The van der Waals surface area contributed by atoms with Crippen LogP contribution in [0.25, 0.3) is 6.08 Å². The van der Waals surface area contributed by atoms with Gasteiger partial charge >= 0.3 is 0 Å². The van der Waals surface area contributed by atoms with Crippen LogP contribution in [0.4, 0.5) is 11.4 Å². The predicted octanol–water partition coefficient (Wildman–Crippen LogP) is 5.38. The van der Waals surface area contributed by atoms with E-state index in [0.717, 1.165) is 16.9 Å². The van der Waals surface area contributed by atoms with Gasteiger partial charge in [-0.05, 0) is 54.5 Å². The molecule has 12 heteroatoms. The van der Waals surface area contributed by atoms with Gasteiger partial charge < -0.3 is 19.5 Å². The number of hydrogen-bond acceptors (Lipinski definition) is 9. The van der Waals surface area contributed by atoms with E-state index in [-0.39, 0.29) is 39.5 Å². The average Bonchev–Trinajstić information content (AvgIpc) is 3.41. The molecule has 1 amide bonds. The van der Waals surface area contributed by atoms with Gasteiger partial charge in [-0.25, -0.2) is 4.99 Å². The fraction of sp³-hybridized carbons (Fsp3) is 0.139. The number of nitro benzene ring substituents is 1. The third-order valence-corrected chi connectivity index (χ3v) is 8.75. The summed E-state index contributed by atoms with van der Waals surface area (Å²) >= 11 is 1.07. The lowest BCUT2D eigenvalue weighted by atomic mass is 9.95. The highest BCUT2D eigenvalue weighted by Crippen LogP contribution is 2.36. The predicted molar refractivity (Wildman–Crippen MR) is 182 cm³/mol. The number of para-hydroxylation sites is 1. The number of nitrogens with one attached hydrogen (secondary N) is 1. The first-order valence-electron chi connectivity index (χ1n) is 14.8. The number of carbonyl (C=O) groups is 1. The molecule has 0 radical (unpaired) electrons. The summed E-state index contributed by atoms with van der Waals surface area (Å²) in [4.78, 5) is 44.7. The minimum atomic E-state index is -0.837. The Morgan fingerprint density at radius 3 is 2.31 bits per heavy atom. The lowest BCUT2D eigenvalue weighted by Crippen LogP contribution is -2.40. The van der Waals surface area contributed by atoms with Gasteiger partial charge in [-0.1, -0.05) is 72.0 Å². The first-order valence-corrected chi connectivity index (χ1v) is 15.6. The van der Waals surface area contributed by atoms with Crippen molar-refractivity contribution in [2.75, 3.05) is 19.5 Å². The molecule has 0 aliphatic carbocycles. The topological polar surface area (TPSA) is 134 Å². The molecular formula is C36H30N4O7S. The Balaban J connectivity index is 1.46. The summed E-state index contributed by atoms with van der Waals surface area (Å²) in [5.41, 5.74) is 2.26. The van der Waals surface area contributed by atoms with Crippen molar-refractivity contribution >= 4 is 34.7 Å². The van der Waals surface area contributed by atoms with E-state index in [1.807, 2.05) is 48.5 Å². The van der Waals surface area contributed by atoms with Crippen LogP contribution in [0.1, 0.15) is 29.7 Å². The lowest BCUT2D eigenvalue weighted by molar-refractivity contribution is -0.385. The maximum absolute atomic E-state index is 14.2. The maximum atomic E-state index is 14.2. The zero-order valence-corrected chi connectivity index (χ0v) is 27.0. The van der Waals surface area contributed by atoms with Crippen molar-refractivity contribution in [3.05, 3.63) is 155 Å². The van der Waals surface area contributed by atoms with E-state index in [4.69, 9.17) is 14.2 Å². The number of ether oxygens (including phenoxy) is 3. The highest BCUT2D eigenvalue weighted by molar-refractivity contribution is 7.07. The standard InChI is InChI=1S/C36H30N4O7S/c1-22-32(34(41)38-26-12-8-5-9-13-26)33(24-14-16-27(45-2)17-15-24)39-35(42)31(48-36(39)37-22)19-25-18-29(46-3)30(20-28(25)40(43)44)47-21-23-10-6-4-7-11-23/h4-20,33H,21H2,1-3H3,(H,38,41)/b31-19+/t33-/m0/s1. The van der Waals surface area contributed by atoms with Gasteiger partial charge in [0.1, 0.15) is 12.4 Å². The number of benzene rings is 4. The second-order valence-electron chi connectivity index (χ2n) is 10.8. The zero-order chi connectivity index (χ0) is 33.8. The summed E-state index contributed by atoms with van der Waals surface area (Å²) < 4.78 is 18.4. The van der Waals surface area contributed by atoms with Gasteiger partial charge in [-0.2, -0.15) is 0 Å². The summed E-state index contributed by atoms with van der Waals surface area (Å²) in [7, 11) is 2.99. The summed E-state index contributed by atoms with van der Waals surface area (Å²) in [6.07, 6.45) is 1.44. The van der Waals surface area contributed by atoms with E-state index in [2.05, 4.69) is 10.3 Å². The smallest absolute Gasteiger partial charge is 0.280 e. The summed E-state index contributed by atoms with van der Waals surface area (Å²) in [5, 5.41) is 15.2. The third kappa shape index (κ3) is 6.46. The summed E-state index contributed by atoms with van der Waals surface area (Å²) in [6.45, 7) is 1.90. The second-order valence-corrected chi connectivity index (χ2v) is 11.8. The van der Waals surface area contributed by atoms with Gasteiger partial charge in [-0.3, -0.25) is 24.3 Å². The number of methoxy groups -OCH3 is 2. The summed E-state index contributed by atoms with van der Waals surface area (Å²) in [6, 6.07) is 27.4. The number of rotatable bonds is 10. The Labute approximate surface area is 278 Å². The van der Waals surface area contributed by atoms with Crippen LogP contribution in [-0.2, 0) is 11.4 Å². The maximum Gasteiger partial charge on any atom is 0.280 e. The monoisotopic (exact) mass is 662 g/mol. The van der Waals surface area contributed by atoms with E-state index in [0.29, 0.717) is 27.5 Å². The molecule has 11 nitrogen and oxygen atoms in total. The van der Waals surface area contributed by atoms with E-state index in [9.17, 15) is 19.7 Å². The quantitative estimate of drug-likeness (QED) is 0.157. The van der Waals surface area contributed by atoms with E-state index < -0.39 is 22.4 Å². The van der Waals surface area contributed by atoms with Crippen LogP contribution in [0.15, 0.2) is 118 Å². The molecule has 0 spiro atoms. The van der Waals surface area contributed by atoms with Crippen LogP contribution in [-0.4, -0.2) is 29.6 Å². The first-order chi connectivity index (χ1) is 23.3. The van der Waals surface area contributed by atoms with Crippen LogP contribution in [0.2, 0.25) is 0 Å². The summed E-state index contributed by atoms with van der Waals surface area (Å²) in [5.74, 6) is 0.654. The number of fused-ring (bicyclic) bond motifs is 1. The van der Waals surface area contributed by atoms with Gasteiger partial charge in [0, 0.05) is 5.69 Å². The normalized spacial score (nSPS) is 14.1. The van der Waals surface area contributed by atoms with Crippen molar-refractivity contribution < 1.29 is 23.9 Å². The minimum absolute atomic E-state index is 0.146. The lowest BCUT2D eigenvalue weighted by Gasteiger charge is -2.25. The molecule has 0 saturated carbocycles. The number of anilines is 1. The molecule has 2 heterocycles. The number of nitrogens with zero attached hydrogens (tertiary/aromatic N) is 3. The fourth-order valence-corrected chi connectivity index (χ4v) is 6.46. The van der Waals surface area contributed by atoms with Crippen molar-refractivity contribution in [2.24, 2.45) is 4.99 Å². The highest BCUT2D eigenvalue weighted by atomic mass is 32.1. The third-order valence-electron chi connectivity index (χ3n) is 7.76. The Kier molecular flexibility index (Phi) is 9.17. The molecule has 0 fully saturated rings. The first kappa shape index (κ1) is 32.0. The molecule has 1 N–H and O–H groups in total. The second kappa shape index (κ2) is 13.8. The number of allylic oxidation sites excluding steroid dienone is 1. The van der Waals surface area contributed by atoms with Gasteiger partial charge in [0.2, 0.25) is 0 Å². The number of amides is 1. The van der Waals surface area contributed by atoms with Crippen LogP contribution in [0, 0.1) is 10.1 Å². The molecule has 1 aliphatic rings. The van der Waals surface area contributed by atoms with Crippen molar-refractivity contribution in [3.8, 4) is 17.2 Å². The molecule has 0 bridgehead atoms. The molecule has 1 aromatic heterocycles. The number of nitro groups is 1. The number of carbonyl (C=O) groups excluding carboxylic acids is 1. The van der Waals surface area contributed by atoms with Crippen molar-refractivity contribution in [2.45, 2.75) is 19.6 Å². The molecular weight excluding hydrogens is 632 g/mol. The van der Waals surface area contributed by atoms with Gasteiger partial charge in [-0.15, -0.1) is 0 Å². The number of thiazole rings is 1. The van der Waals surface area contributed by atoms with Crippen LogP contribution >= 0.6 is 11.3 Å². The van der Waals surface area contributed by atoms with E-state index in [1.165, 1.54) is 29.9 Å². The minimum Gasteiger partial charge on any atom is -0.497 e. The van der Waals surface area contributed by atoms with Gasteiger partial charge in [0.05, 0.1) is 52.6 Å². The molecule has 1 aliphatic heterocycles. The highest BCUT2D eigenvalue weighted by Gasteiger charge is 2.33. The van der Waals surface area contributed by atoms with Crippen LogP contribution < -0.4 is 34.4 Å².